The molecular weight excluding hydrogens is 286 g/mol. The molecule has 2 N–H and O–H groups in total. The van der Waals surface area contributed by atoms with Crippen LogP contribution in [0.1, 0.15) is 24.0 Å². The largest absolute Gasteiger partial charge is 0.398 e. The predicted octanol–water partition coefficient (Wildman–Crippen LogP) is 1.60. The van der Waals surface area contributed by atoms with Crippen LogP contribution in [0.2, 0.25) is 0 Å². The summed E-state index contributed by atoms with van der Waals surface area (Å²) in [5.74, 6) is 0. The predicted molar refractivity (Wildman–Crippen MR) is 85.8 cm³/mol. The molecule has 118 valence electrons. The second kappa shape index (κ2) is 5.94. The molecule has 0 bridgehead atoms. The van der Waals surface area contributed by atoms with Gasteiger partial charge in [0.2, 0.25) is 10.0 Å². The highest BCUT2D eigenvalue weighted by Crippen LogP contribution is 2.32. The molecule has 1 aromatic carbocycles. The minimum atomic E-state index is -3.49. The van der Waals surface area contributed by atoms with Gasteiger partial charge in [0.05, 0.1) is 4.90 Å². The fraction of sp³-hybridized carbons (Fsp3) is 0.600. The van der Waals surface area contributed by atoms with Gasteiger partial charge in [-0.3, -0.25) is 0 Å². The average Bonchev–Trinajstić information content (AvgIpc) is 2.82. The molecule has 21 heavy (non-hydrogen) atoms. The van der Waals surface area contributed by atoms with E-state index in [0.717, 1.165) is 24.9 Å². The number of sulfonamides is 1. The molecule has 0 aromatic heterocycles. The monoisotopic (exact) mass is 311 g/mol. The lowest BCUT2D eigenvalue weighted by molar-refractivity contribution is 0.291. The fourth-order valence-electron chi connectivity index (χ4n) is 3.09. The SMILES string of the molecule is Cc1ccc(N)c(C)c1S(=O)(=O)N1CCCC1CN(C)C. The van der Waals surface area contributed by atoms with Crippen molar-refractivity contribution in [3.05, 3.63) is 23.3 Å². The lowest BCUT2D eigenvalue weighted by atomic mass is 10.1. The van der Waals surface area contributed by atoms with E-state index in [-0.39, 0.29) is 6.04 Å². The summed E-state index contributed by atoms with van der Waals surface area (Å²) < 4.78 is 27.8. The lowest BCUT2D eigenvalue weighted by Gasteiger charge is -2.28. The number of benzene rings is 1. The van der Waals surface area contributed by atoms with Crippen molar-refractivity contribution in [2.75, 3.05) is 32.9 Å². The minimum Gasteiger partial charge on any atom is -0.398 e. The zero-order valence-corrected chi connectivity index (χ0v) is 14.1. The van der Waals surface area contributed by atoms with Gasteiger partial charge in [-0.15, -0.1) is 0 Å². The second-order valence-corrected chi connectivity index (χ2v) is 7.93. The van der Waals surface area contributed by atoms with Crippen LogP contribution in [0.5, 0.6) is 0 Å². The Kier molecular flexibility index (Phi) is 4.60. The number of aryl methyl sites for hydroxylation is 1. The zero-order chi connectivity index (χ0) is 15.8. The van der Waals surface area contributed by atoms with Crippen LogP contribution in [0.15, 0.2) is 17.0 Å². The van der Waals surface area contributed by atoms with Crippen LogP contribution in [-0.4, -0.2) is 50.8 Å². The van der Waals surface area contributed by atoms with Crippen LogP contribution >= 0.6 is 0 Å². The third-order valence-electron chi connectivity index (χ3n) is 4.11. The molecule has 1 fully saturated rings. The Bertz CT molecular complexity index is 626. The van der Waals surface area contributed by atoms with Gasteiger partial charge in [0.25, 0.3) is 0 Å². The molecule has 1 aromatic rings. The van der Waals surface area contributed by atoms with Crippen molar-refractivity contribution in [3.63, 3.8) is 0 Å². The number of hydrogen-bond acceptors (Lipinski definition) is 4. The van der Waals surface area contributed by atoms with Crippen molar-refractivity contribution in [2.45, 2.75) is 37.6 Å². The van der Waals surface area contributed by atoms with E-state index in [9.17, 15) is 8.42 Å². The first-order chi connectivity index (χ1) is 9.75. The van der Waals surface area contributed by atoms with E-state index in [2.05, 4.69) is 0 Å². The van der Waals surface area contributed by atoms with E-state index in [1.807, 2.05) is 25.9 Å². The van der Waals surface area contributed by atoms with E-state index in [1.165, 1.54) is 0 Å². The maximum absolute atomic E-state index is 13.1. The second-order valence-electron chi connectivity index (χ2n) is 6.10. The third kappa shape index (κ3) is 3.07. The van der Waals surface area contributed by atoms with Gasteiger partial charge in [-0.1, -0.05) is 6.07 Å². The van der Waals surface area contributed by atoms with E-state index in [0.29, 0.717) is 22.7 Å². The molecule has 1 aliphatic rings. The minimum absolute atomic E-state index is 0.0465. The normalized spacial score (nSPS) is 20.3. The van der Waals surface area contributed by atoms with E-state index in [4.69, 9.17) is 5.73 Å². The Hall–Kier alpha value is -1.11. The van der Waals surface area contributed by atoms with Crippen molar-refractivity contribution in [3.8, 4) is 0 Å². The average molecular weight is 311 g/mol. The first-order valence-electron chi connectivity index (χ1n) is 7.27. The highest BCUT2D eigenvalue weighted by atomic mass is 32.2. The zero-order valence-electron chi connectivity index (χ0n) is 13.3. The van der Waals surface area contributed by atoms with Crippen LogP contribution in [0, 0.1) is 13.8 Å². The molecular formula is C15H25N3O2S. The van der Waals surface area contributed by atoms with Crippen LogP contribution in [0.3, 0.4) is 0 Å². The number of nitrogen functional groups attached to an aromatic ring is 1. The van der Waals surface area contributed by atoms with Gasteiger partial charge in [0, 0.05) is 24.8 Å². The maximum atomic E-state index is 13.1. The number of likely N-dealkylation sites (N-methyl/N-ethyl adjacent to an activating group) is 1. The smallest absolute Gasteiger partial charge is 0.243 e. The number of anilines is 1. The highest BCUT2D eigenvalue weighted by Gasteiger charge is 2.37. The van der Waals surface area contributed by atoms with Gasteiger partial charge in [-0.05, 0) is 58.0 Å². The third-order valence-corrected chi connectivity index (χ3v) is 6.35. The Balaban J connectivity index is 2.45. The Morgan fingerprint density at radius 2 is 2.00 bits per heavy atom. The molecule has 1 saturated heterocycles. The summed E-state index contributed by atoms with van der Waals surface area (Å²) in [6.45, 7) is 4.96. The molecule has 1 atom stereocenters. The fourth-order valence-corrected chi connectivity index (χ4v) is 5.23. The van der Waals surface area contributed by atoms with E-state index >= 15 is 0 Å². The first kappa shape index (κ1) is 16.3. The lowest BCUT2D eigenvalue weighted by Crippen LogP contribution is -2.41. The Morgan fingerprint density at radius 1 is 1.33 bits per heavy atom. The van der Waals surface area contributed by atoms with E-state index < -0.39 is 10.0 Å². The molecule has 1 heterocycles. The molecule has 1 aliphatic heterocycles. The van der Waals surface area contributed by atoms with Gasteiger partial charge >= 0.3 is 0 Å². The number of hydrogen-bond donors (Lipinski definition) is 1. The molecule has 0 amide bonds. The van der Waals surface area contributed by atoms with Gasteiger partial charge in [0.15, 0.2) is 0 Å². The number of nitrogens with two attached hydrogens (primary N) is 1. The van der Waals surface area contributed by atoms with Crippen LogP contribution in [0.25, 0.3) is 0 Å². The summed E-state index contributed by atoms with van der Waals surface area (Å²) in [6, 6.07) is 3.60. The van der Waals surface area contributed by atoms with Gasteiger partial charge in [-0.25, -0.2) is 8.42 Å². The first-order valence-corrected chi connectivity index (χ1v) is 8.71. The van der Waals surface area contributed by atoms with Crippen molar-refractivity contribution in [1.29, 1.82) is 0 Å². The van der Waals surface area contributed by atoms with E-state index in [1.54, 1.807) is 23.4 Å². The molecule has 5 nitrogen and oxygen atoms in total. The Morgan fingerprint density at radius 3 is 2.62 bits per heavy atom. The topological polar surface area (TPSA) is 66.6 Å². The highest BCUT2D eigenvalue weighted by molar-refractivity contribution is 7.89. The van der Waals surface area contributed by atoms with Crippen molar-refractivity contribution < 1.29 is 8.42 Å². The van der Waals surface area contributed by atoms with Crippen molar-refractivity contribution in [1.82, 2.24) is 9.21 Å². The summed E-state index contributed by atoms with van der Waals surface area (Å²) in [7, 11) is 0.454. The van der Waals surface area contributed by atoms with Gasteiger partial charge < -0.3 is 10.6 Å². The molecule has 6 heteroatoms. The van der Waals surface area contributed by atoms with Crippen molar-refractivity contribution in [2.24, 2.45) is 0 Å². The van der Waals surface area contributed by atoms with Gasteiger partial charge in [-0.2, -0.15) is 4.31 Å². The summed E-state index contributed by atoms with van der Waals surface area (Å²) in [4.78, 5) is 2.42. The Labute approximate surface area is 127 Å². The summed E-state index contributed by atoms with van der Waals surface area (Å²) >= 11 is 0. The maximum Gasteiger partial charge on any atom is 0.243 e. The number of rotatable bonds is 4. The van der Waals surface area contributed by atoms with Gasteiger partial charge in [0.1, 0.15) is 0 Å². The van der Waals surface area contributed by atoms with Crippen LogP contribution in [-0.2, 0) is 10.0 Å². The summed E-state index contributed by atoms with van der Waals surface area (Å²) in [5, 5.41) is 0. The number of nitrogens with zero attached hydrogens (tertiary/aromatic N) is 2. The summed E-state index contributed by atoms with van der Waals surface area (Å²) in [6.07, 6.45) is 1.83. The summed E-state index contributed by atoms with van der Waals surface area (Å²) in [5.41, 5.74) is 7.86. The van der Waals surface area contributed by atoms with Crippen LogP contribution in [0.4, 0.5) is 5.69 Å². The molecule has 0 aliphatic carbocycles. The van der Waals surface area contributed by atoms with Crippen LogP contribution < -0.4 is 5.73 Å². The molecule has 0 spiro atoms. The van der Waals surface area contributed by atoms with Crippen molar-refractivity contribution >= 4 is 15.7 Å². The molecule has 2 rings (SSSR count). The molecule has 1 unspecified atom stereocenters. The quantitative estimate of drug-likeness (QED) is 0.858. The molecule has 0 radical (unpaired) electrons. The molecule has 0 saturated carbocycles. The standard InChI is InChI=1S/C15H25N3O2S/c1-11-7-8-14(16)12(2)15(11)21(19,20)18-9-5-6-13(18)10-17(3)4/h7-8,13H,5-6,9-10,16H2,1-4H3.